The van der Waals surface area contributed by atoms with E-state index in [1.54, 1.807) is 37.1 Å². The van der Waals surface area contributed by atoms with Crippen molar-refractivity contribution in [3.63, 3.8) is 0 Å². The number of fused-ring (bicyclic) bond motifs is 2. The van der Waals surface area contributed by atoms with E-state index < -0.39 is 8.07 Å². The van der Waals surface area contributed by atoms with Crippen LogP contribution >= 0.6 is 39.1 Å². The molecule has 6 heterocycles. The monoisotopic (exact) mass is 1190 g/mol. The van der Waals surface area contributed by atoms with Gasteiger partial charge in [0.05, 0.1) is 58.3 Å². The Labute approximate surface area is 484 Å². The first-order valence-corrected chi connectivity index (χ1v) is 32.6. The van der Waals surface area contributed by atoms with E-state index in [1.807, 2.05) is 53.2 Å². The van der Waals surface area contributed by atoms with Crippen molar-refractivity contribution in [1.82, 2.24) is 49.1 Å². The number of nitrogens with two attached hydrogens (primary N) is 1. The second-order valence-corrected chi connectivity index (χ2v) is 29.4. The van der Waals surface area contributed by atoms with Gasteiger partial charge in [-0.05, 0) is 122 Å². The van der Waals surface area contributed by atoms with Crippen molar-refractivity contribution in [3.8, 4) is 45.0 Å². The lowest BCUT2D eigenvalue weighted by molar-refractivity contribution is 0.0882. The predicted octanol–water partition coefficient (Wildman–Crippen LogP) is 13.1. The van der Waals surface area contributed by atoms with E-state index in [-0.39, 0.29) is 11.6 Å². The van der Waals surface area contributed by atoms with Gasteiger partial charge in [0.1, 0.15) is 18.4 Å². The van der Waals surface area contributed by atoms with Gasteiger partial charge in [0.15, 0.2) is 0 Å². The Bertz CT molecular complexity index is 3260. The quantitative estimate of drug-likeness (QED) is 0.0595. The molecular formula is C60H75BrCl2F2N12OSi. The molecule has 0 bridgehead atoms. The summed E-state index contributed by atoms with van der Waals surface area (Å²) in [5.41, 5.74) is 13.4. The largest absolute Gasteiger partial charge is 0.382 e. The van der Waals surface area contributed by atoms with Gasteiger partial charge >= 0.3 is 0 Å². The first kappa shape index (κ1) is 59.9. The number of nitrogens with one attached hydrogen (secondary N) is 2. The van der Waals surface area contributed by atoms with Gasteiger partial charge in [0, 0.05) is 159 Å². The predicted molar refractivity (Wildman–Crippen MR) is 329 cm³/mol. The lowest BCUT2D eigenvalue weighted by Gasteiger charge is -2.36. The summed E-state index contributed by atoms with van der Waals surface area (Å²) in [7, 11) is -1.20. The van der Waals surface area contributed by atoms with Crippen LogP contribution in [0.2, 0.25) is 35.7 Å². The van der Waals surface area contributed by atoms with Crippen molar-refractivity contribution in [2.24, 2.45) is 5.73 Å². The van der Waals surface area contributed by atoms with E-state index in [0.717, 1.165) is 101 Å². The highest BCUT2D eigenvalue weighted by Gasteiger charge is 2.22. The van der Waals surface area contributed by atoms with Gasteiger partial charge in [0.25, 0.3) is 0 Å². The third-order valence-electron chi connectivity index (χ3n) is 14.4. The summed E-state index contributed by atoms with van der Waals surface area (Å²) in [4.78, 5) is 31.2. The van der Waals surface area contributed by atoms with E-state index in [1.165, 1.54) is 44.4 Å². The number of ether oxygens (including phenoxy) is 1. The summed E-state index contributed by atoms with van der Waals surface area (Å²) >= 11 is 15.8. The maximum atomic E-state index is 14.9. The summed E-state index contributed by atoms with van der Waals surface area (Å²) < 4.78 is 38.1. The van der Waals surface area contributed by atoms with Crippen LogP contribution in [0.1, 0.15) is 27.7 Å². The van der Waals surface area contributed by atoms with Crippen LogP contribution in [0, 0.1) is 11.6 Å². The van der Waals surface area contributed by atoms with E-state index in [4.69, 9.17) is 33.7 Å². The number of nitrogens with zero attached hydrogens (tertiary/aromatic N) is 9. The number of aromatic nitrogens is 6. The second-order valence-electron chi connectivity index (χ2n) is 22.0. The molecule has 13 nitrogen and oxygen atoms in total. The maximum Gasteiger partial charge on any atom is 0.132 e. The van der Waals surface area contributed by atoms with Crippen LogP contribution < -0.4 is 11.1 Å². The molecule has 0 unspecified atom stereocenters. The molecule has 0 aliphatic carbocycles. The van der Waals surface area contributed by atoms with Crippen LogP contribution in [0.5, 0.6) is 0 Å². The normalized spacial score (nSPS) is 14.9. The van der Waals surface area contributed by atoms with E-state index in [0.29, 0.717) is 69.4 Å². The number of H-pyrrole nitrogens is 1. The van der Waals surface area contributed by atoms with Crippen molar-refractivity contribution in [2.45, 2.75) is 72.2 Å². The summed E-state index contributed by atoms with van der Waals surface area (Å²) in [5, 5.41) is 6.42. The molecule has 2 aliphatic rings. The minimum Gasteiger partial charge on any atom is -0.382 e. The van der Waals surface area contributed by atoms with E-state index in [9.17, 15) is 8.78 Å². The Morgan fingerprint density at radius 3 is 1.86 bits per heavy atom. The molecule has 4 N–H and O–H groups in total. The summed E-state index contributed by atoms with van der Waals surface area (Å²) in [6.45, 7) is 29.9. The molecule has 0 amide bonds. The number of halogens is 5. The molecule has 79 heavy (non-hydrogen) atoms. The lowest BCUT2D eigenvalue weighted by atomic mass is 10.0. The summed E-state index contributed by atoms with van der Waals surface area (Å²) in [6.07, 6.45) is 6.91. The number of anilines is 1. The molecule has 0 saturated carbocycles. The van der Waals surface area contributed by atoms with Crippen molar-refractivity contribution >= 4 is 74.7 Å². The fourth-order valence-corrected chi connectivity index (χ4v) is 11.2. The Balaban J connectivity index is 0.000000173. The average Bonchev–Trinajstić information content (AvgIpc) is 4.10. The zero-order chi connectivity index (χ0) is 56.2. The fraction of sp³-hybridized carbons (Fsp3) is 0.400. The van der Waals surface area contributed by atoms with E-state index in [2.05, 4.69) is 119 Å². The number of aromatic amines is 1. The van der Waals surface area contributed by atoms with Crippen LogP contribution in [-0.4, -0.2) is 154 Å². The van der Waals surface area contributed by atoms with Gasteiger partial charge in [-0.2, -0.15) is 0 Å². The topological polar surface area (TPSA) is 133 Å². The molecule has 10 rings (SSSR count). The minimum atomic E-state index is -1.20. The first-order valence-electron chi connectivity index (χ1n) is 27.3. The number of pyridine rings is 2. The first-order chi connectivity index (χ1) is 37.9. The van der Waals surface area contributed by atoms with Gasteiger partial charge in [-0.25, -0.2) is 18.7 Å². The molecule has 4 aromatic heterocycles. The van der Waals surface area contributed by atoms with E-state index >= 15 is 0 Å². The standard InChI is InChI=1S/C27H30ClFN6.C24H24BrClFN3OSi.C9H21N3/c1-18(2)35-11-9-34(10-12-35)8-7-30-22-14-20-13-19(3-6-25(20)31-16-22)26-27(33-17-32-26)23-15-21(28)4-5-24(23)29;1-32(2,3)9-8-31-15-30-14-29-23(24(30)20-12-19(26)5-6-21(20)27)16-4-7-22-17(10-16)11-18(25)13-28-22;1-9(2)12-7-5-11(4-3-10)6-8-12/h3-6,13-18,30H,7-12H2,1-2H3,(H,32,33);4-7,10-14H,8-9,15H2,1-3H3;9H,3-8,10H2,1-2H3. The van der Waals surface area contributed by atoms with Gasteiger partial charge in [-0.15, -0.1) is 0 Å². The molecule has 2 saturated heterocycles. The number of piperazine rings is 2. The second kappa shape index (κ2) is 28.0. The zero-order valence-corrected chi connectivity index (χ0v) is 50.7. The third-order valence-corrected chi connectivity index (χ3v) is 17.0. The Kier molecular flexibility index (Phi) is 21.2. The van der Waals surface area contributed by atoms with Crippen LogP contribution in [0.3, 0.4) is 0 Å². The van der Waals surface area contributed by atoms with Crippen molar-refractivity contribution < 1.29 is 13.5 Å². The molecule has 19 heteroatoms. The number of rotatable bonds is 17. The highest BCUT2D eigenvalue weighted by atomic mass is 79.9. The van der Waals surface area contributed by atoms with Gasteiger partial charge < -0.3 is 25.3 Å². The number of imidazole rings is 2. The van der Waals surface area contributed by atoms with Crippen molar-refractivity contribution in [1.29, 1.82) is 0 Å². The summed E-state index contributed by atoms with van der Waals surface area (Å²) in [5.74, 6) is -0.704. The lowest BCUT2D eigenvalue weighted by Crippen LogP contribution is -2.49. The minimum absolute atomic E-state index is 0.291. The zero-order valence-electron chi connectivity index (χ0n) is 46.6. The Morgan fingerprint density at radius 2 is 1.25 bits per heavy atom. The molecule has 0 atom stereocenters. The number of hydrogen-bond acceptors (Lipinski definition) is 11. The highest BCUT2D eigenvalue weighted by Crippen LogP contribution is 2.37. The average molecular weight is 1200 g/mol. The molecule has 8 aromatic rings. The smallest absolute Gasteiger partial charge is 0.132 e. The number of benzene rings is 4. The molecule has 4 aromatic carbocycles. The third kappa shape index (κ3) is 16.5. The molecule has 2 fully saturated rings. The van der Waals surface area contributed by atoms with Crippen molar-refractivity contribution in [2.75, 3.05) is 90.5 Å². The molecule has 2 aliphatic heterocycles. The van der Waals surface area contributed by atoms with Gasteiger partial charge in [-0.1, -0.05) is 55.0 Å². The highest BCUT2D eigenvalue weighted by molar-refractivity contribution is 9.10. The van der Waals surface area contributed by atoms with Gasteiger partial charge in [-0.3, -0.25) is 29.6 Å². The van der Waals surface area contributed by atoms with Crippen molar-refractivity contribution in [3.05, 3.63) is 136 Å². The molecule has 0 radical (unpaired) electrons. The van der Waals surface area contributed by atoms with Crippen LogP contribution in [0.4, 0.5) is 14.5 Å². The Hall–Kier alpha value is -5.18. The molecule has 0 spiro atoms. The molecular weight excluding hydrogens is 1120 g/mol. The maximum absolute atomic E-state index is 14.9. The molecule has 420 valence electrons. The van der Waals surface area contributed by atoms with Crippen LogP contribution in [0.15, 0.2) is 114 Å². The van der Waals surface area contributed by atoms with Crippen LogP contribution in [0.25, 0.3) is 66.8 Å². The van der Waals surface area contributed by atoms with Crippen LogP contribution in [-0.2, 0) is 11.5 Å². The SMILES string of the molecule is CC(C)N1CCN(CCN)CC1.CC(C)N1CCN(CCNc2cnc3ccc(-c4nc[nH]c4-c4cc(Cl)ccc4F)cc3c2)CC1.C[Si](C)(C)CCOCn1cnc(-c2ccc3ncc(Br)cc3c2)c1-c1cc(Cl)ccc1F. The van der Waals surface area contributed by atoms with Gasteiger partial charge in [0.2, 0.25) is 0 Å². The summed E-state index contributed by atoms with van der Waals surface area (Å²) in [6, 6.07) is 27.4. The number of hydrogen-bond donors (Lipinski definition) is 3. The Morgan fingerprint density at radius 1 is 0.684 bits per heavy atom. The fourth-order valence-electron chi connectivity index (χ4n) is 9.78.